The van der Waals surface area contributed by atoms with Gasteiger partial charge in [0.15, 0.2) is 5.43 Å². The second kappa shape index (κ2) is 9.66. The molecule has 0 aliphatic rings. The Labute approximate surface area is 167 Å². The maximum atomic E-state index is 12.7. The number of nitrogens with two attached hydrogens (primary N) is 1. The summed E-state index contributed by atoms with van der Waals surface area (Å²) in [4.78, 5) is 31.8. The molecule has 0 amide bonds. The molecule has 0 aliphatic carbocycles. The average molecular weight is 396 g/mol. The van der Waals surface area contributed by atoms with Gasteiger partial charge in [0.05, 0.1) is 11.0 Å². The first-order chi connectivity index (χ1) is 13.8. The zero-order valence-electron chi connectivity index (χ0n) is 16.4. The Morgan fingerprint density at radius 3 is 2.21 bits per heavy atom. The summed E-state index contributed by atoms with van der Waals surface area (Å²) in [5.41, 5.74) is 10.2. The first kappa shape index (κ1) is 21.8. The van der Waals surface area contributed by atoms with Gasteiger partial charge in [-0.05, 0) is 56.1 Å². The van der Waals surface area contributed by atoms with E-state index in [2.05, 4.69) is 18.4 Å². The minimum absolute atomic E-state index is 0.118. The van der Waals surface area contributed by atoms with Crippen LogP contribution in [0.1, 0.15) is 17.5 Å². The number of carboxylic acid groups (broad SMARTS) is 2. The molecule has 0 spiro atoms. The fraction of sp³-hybridized carbons (Fsp3) is 0.227. The smallest absolute Gasteiger partial charge is 0.328 e. The Hall–Kier alpha value is -3.45. The summed E-state index contributed by atoms with van der Waals surface area (Å²) in [7, 11) is 0. The van der Waals surface area contributed by atoms with Crippen LogP contribution in [-0.2, 0) is 16.1 Å². The molecule has 0 bridgehead atoms. The van der Waals surface area contributed by atoms with E-state index in [4.69, 9.17) is 15.9 Å². The summed E-state index contributed by atoms with van der Waals surface area (Å²) in [6.07, 6.45) is 2.01. The van der Waals surface area contributed by atoms with Crippen molar-refractivity contribution in [1.82, 2.24) is 4.57 Å². The molecule has 2 aromatic carbocycles. The molecule has 7 heteroatoms. The number of aromatic nitrogens is 1. The molecule has 1 heterocycles. The summed E-state index contributed by atoms with van der Waals surface area (Å²) in [6.45, 7) is 5.65. The van der Waals surface area contributed by atoms with E-state index in [-0.39, 0.29) is 5.43 Å². The number of para-hydroxylation sites is 1. The van der Waals surface area contributed by atoms with Crippen LogP contribution in [0.25, 0.3) is 21.8 Å². The third kappa shape index (κ3) is 5.08. The average Bonchev–Trinajstić information content (AvgIpc) is 2.69. The molecular weight excluding hydrogens is 372 g/mol. The van der Waals surface area contributed by atoms with E-state index < -0.39 is 11.9 Å². The van der Waals surface area contributed by atoms with Gasteiger partial charge in [0.1, 0.15) is 0 Å². The van der Waals surface area contributed by atoms with Crippen molar-refractivity contribution in [2.75, 3.05) is 6.54 Å². The van der Waals surface area contributed by atoms with Crippen molar-refractivity contribution in [2.24, 2.45) is 5.73 Å². The van der Waals surface area contributed by atoms with Gasteiger partial charge in [-0.3, -0.25) is 4.79 Å². The number of carbonyl (C=O) groups is 2. The normalized spacial score (nSPS) is 10.9. The number of aryl methyl sites for hydroxylation is 3. The Bertz CT molecular complexity index is 1130. The SMILES string of the molecule is Cc1ccc2c(=O)c3ccccc3n(CCCN)c2c1C.O=C(O)C=CC(=O)O. The van der Waals surface area contributed by atoms with E-state index in [9.17, 15) is 14.4 Å². The molecule has 0 radical (unpaired) electrons. The van der Waals surface area contributed by atoms with Crippen LogP contribution in [0.2, 0.25) is 0 Å². The number of hydrogen-bond donors (Lipinski definition) is 3. The van der Waals surface area contributed by atoms with Gasteiger partial charge < -0.3 is 20.5 Å². The predicted molar refractivity (Wildman–Crippen MR) is 113 cm³/mol. The molecule has 29 heavy (non-hydrogen) atoms. The lowest BCUT2D eigenvalue weighted by atomic mass is 10.0. The summed E-state index contributed by atoms with van der Waals surface area (Å²) >= 11 is 0. The number of aliphatic carboxylic acids is 2. The van der Waals surface area contributed by atoms with E-state index in [0.717, 1.165) is 34.8 Å². The van der Waals surface area contributed by atoms with Crippen molar-refractivity contribution in [3.63, 3.8) is 0 Å². The van der Waals surface area contributed by atoms with Crippen molar-refractivity contribution >= 4 is 33.7 Å². The van der Waals surface area contributed by atoms with E-state index >= 15 is 0 Å². The number of benzene rings is 2. The molecule has 0 aliphatic heterocycles. The zero-order valence-corrected chi connectivity index (χ0v) is 16.4. The summed E-state index contributed by atoms with van der Waals surface area (Å²) in [6, 6.07) is 11.8. The molecule has 0 unspecified atom stereocenters. The van der Waals surface area contributed by atoms with Crippen molar-refractivity contribution in [2.45, 2.75) is 26.8 Å². The van der Waals surface area contributed by atoms with Gasteiger partial charge in [-0.1, -0.05) is 18.2 Å². The quantitative estimate of drug-likeness (QED) is 0.450. The second-order valence-electron chi connectivity index (χ2n) is 6.55. The molecule has 0 atom stereocenters. The summed E-state index contributed by atoms with van der Waals surface area (Å²) in [5, 5.41) is 17.2. The van der Waals surface area contributed by atoms with Gasteiger partial charge in [-0.2, -0.15) is 0 Å². The molecule has 1 aromatic heterocycles. The van der Waals surface area contributed by atoms with Crippen LogP contribution in [-0.4, -0.2) is 33.3 Å². The highest BCUT2D eigenvalue weighted by Crippen LogP contribution is 2.24. The van der Waals surface area contributed by atoms with Gasteiger partial charge in [0.2, 0.25) is 0 Å². The predicted octanol–water partition coefficient (Wildman–Crippen LogP) is 2.83. The van der Waals surface area contributed by atoms with Crippen molar-refractivity contribution < 1.29 is 19.8 Å². The highest BCUT2D eigenvalue weighted by atomic mass is 16.4. The van der Waals surface area contributed by atoms with Gasteiger partial charge in [0, 0.05) is 29.5 Å². The number of hydrogen-bond acceptors (Lipinski definition) is 4. The number of pyridine rings is 1. The molecule has 0 saturated carbocycles. The lowest BCUT2D eigenvalue weighted by Crippen LogP contribution is -2.14. The van der Waals surface area contributed by atoms with E-state index in [0.29, 0.717) is 18.7 Å². The molecule has 4 N–H and O–H groups in total. The van der Waals surface area contributed by atoms with Gasteiger partial charge in [-0.25, -0.2) is 9.59 Å². The van der Waals surface area contributed by atoms with Crippen LogP contribution >= 0.6 is 0 Å². The molecule has 0 fully saturated rings. The number of nitrogens with zero attached hydrogens (tertiary/aromatic N) is 1. The number of carboxylic acids is 2. The Kier molecular flexibility index (Phi) is 7.27. The topological polar surface area (TPSA) is 123 Å². The maximum Gasteiger partial charge on any atom is 0.328 e. The summed E-state index contributed by atoms with van der Waals surface area (Å²) in [5.74, 6) is -2.51. The molecule has 7 nitrogen and oxygen atoms in total. The lowest BCUT2D eigenvalue weighted by Gasteiger charge is -2.17. The Balaban J connectivity index is 0.000000321. The third-order valence-electron chi connectivity index (χ3n) is 4.61. The monoisotopic (exact) mass is 396 g/mol. The van der Waals surface area contributed by atoms with Gasteiger partial charge >= 0.3 is 11.9 Å². The largest absolute Gasteiger partial charge is 0.478 e. The zero-order chi connectivity index (χ0) is 21.6. The second-order valence-corrected chi connectivity index (χ2v) is 6.55. The molecule has 0 saturated heterocycles. The van der Waals surface area contributed by atoms with Crippen LogP contribution in [0.4, 0.5) is 0 Å². The van der Waals surface area contributed by atoms with Crippen LogP contribution in [0.15, 0.2) is 53.3 Å². The first-order valence-corrected chi connectivity index (χ1v) is 9.13. The maximum absolute atomic E-state index is 12.7. The fourth-order valence-corrected chi connectivity index (χ4v) is 3.12. The Morgan fingerprint density at radius 2 is 1.62 bits per heavy atom. The van der Waals surface area contributed by atoms with Crippen LogP contribution in [0.3, 0.4) is 0 Å². The molecule has 3 rings (SSSR count). The Morgan fingerprint density at radius 1 is 1.00 bits per heavy atom. The minimum atomic E-state index is -1.26. The van der Waals surface area contributed by atoms with Gasteiger partial charge in [-0.15, -0.1) is 0 Å². The van der Waals surface area contributed by atoms with Crippen molar-refractivity contribution in [3.8, 4) is 0 Å². The van der Waals surface area contributed by atoms with Crippen LogP contribution in [0, 0.1) is 13.8 Å². The van der Waals surface area contributed by atoms with Crippen molar-refractivity contribution in [1.29, 1.82) is 0 Å². The highest BCUT2D eigenvalue weighted by molar-refractivity contribution is 5.95. The lowest BCUT2D eigenvalue weighted by molar-refractivity contribution is -0.134. The number of rotatable bonds is 5. The number of fused-ring (bicyclic) bond motifs is 2. The standard InChI is InChI=1S/C18H20N2O.C4H4O4/c1-12-8-9-15-17(13(12)2)20(11-5-10-19)16-7-4-3-6-14(16)18(15)21;5-3(6)1-2-4(7)8/h3-4,6-9H,5,10-11,19H2,1-2H3;1-2H,(H,5,6)(H,7,8). The first-order valence-electron chi connectivity index (χ1n) is 9.13. The molecular formula is C22H24N2O5. The fourth-order valence-electron chi connectivity index (χ4n) is 3.12. The van der Waals surface area contributed by atoms with Crippen molar-refractivity contribution in [3.05, 3.63) is 69.9 Å². The summed E-state index contributed by atoms with van der Waals surface area (Å²) < 4.78 is 2.25. The van der Waals surface area contributed by atoms with Crippen LogP contribution in [0.5, 0.6) is 0 Å². The van der Waals surface area contributed by atoms with E-state index in [1.807, 2.05) is 36.4 Å². The van der Waals surface area contributed by atoms with E-state index in [1.54, 1.807) is 0 Å². The van der Waals surface area contributed by atoms with E-state index in [1.165, 1.54) is 11.1 Å². The molecule has 152 valence electrons. The highest BCUT2D eigenvalue weighted by Gasteiger charge is 2.12. The minimum Gasteiger partial charge on any atom is -0.478 e. The van der Waals surface area contributed by atoms with Gasteiger partial charge in [0.25, 0.3) is 0 Å². The third-order valence-corrected chi connectivity index (χ3v) is 4.61. The van der Waals surface area contributed by atoms with Crippen LogP contribution < -0.4 is 11.2 Å². The molecule has 3 aromatic rings.